The van der Waals surface area contributed by atoms with Crippen molar-refractivity contribution in [2.75, 3.05) is 31.6 Å². The normalized spacial score (nSPS) is 22.2. The number of benzene rings is 1. The minimum absolute atomic E-state index is 0.0277. The summed E-state index contributed by atoms with van der Waals surface area (Å²) in [6.07, 6.45) is 6.99. The predicted molar refractivity (Wildman–Crippen MR) is 122 cm³/mol. The van der Waals surface area contributed by atoms with Crippen LogP contribution in [0.4, 0.5) is 11.4 Å². The van der Waals surface area contributed by atoms with Gasteiger partial charge in [0.15, 0.2) is 0 Å². The number of nitro benzene ring substituents is 1. The Balaban J connectivity index is 1.54. The van der Waals surface area contributed by atoms with Crippen LogP contribution in [-0.2, 0) is 4.79 Å². The lowest BCUT2D eigenvalue weighted by Gasteiger charge is -2.29. The van der Waals surface area contributed by atoms with Crippen molar-refractivity contribution in [2.24, 2.45) is 5.92 Å². The van der Waals surface area contributed by atoms with Gasteiger partial charge in [-0.15, -0.1) is 0 Å². The number of nitro groups is 1. The Labute approximate surface area is 184 Å². The van der Waals surface area contributed by atoms with Gasteiger partial charge in [-0.3, -0.25) is 19.8 Å². The number of nitrogens with one attached hydrogen (secondary N) is 2. The summed E-state index contributed by atoms with van der Waals surface area (Å²) in [6.45, 7) is 7.62. The maximum Gasteiger partial charge on any atom is 0.292 e. The number of carbonyl (C=O) groups is 1. The zero-order valence-corrected chi connectivity index (χ0v) is 18.8. The van der Waals surface area contributed by atoms with E-state index in [4.69, 9.17) is 4.74 Å². The number of anilines is 1. The molecule has 1 aliphatic carbocycles. The summed E-state index contributed by atoms with van der Waals surface area (Å²) in [5, 5.41) is 17.8. The average Bonchev–Trinajstić information content (AvgIpc) is 2.74. The van der Waals surface area contributed by atoms with Gasteiger partial charge in [0.2, 0.25) is 5.91 Å². The van der Waals surface area contributed by atoms with E-state index in [9.17, 15) is 14.9 Å². The highest BCUT2D eigenvalue weighted by Crippen LogP contribution is 2.33. The Morgan fingerprint density at radius 3 is 2.55 bits per heavy atom. The molecule has 31 heavy (non-hydrogen) atoms. The van der Waals surface area contributed by atoms with Crippen LogP contribution >= 0.6 is 0 Å². The lowest BCUT2D eigenvalue weighted by atomic mass is 9.85. The number of carbonyl (C=O) groups excluding carboxylic acids is 1. The Morgan fingerprint density at radius 1 is 1.19 bits per heavy atom. The van der Waals surface area contributed by atoms with Crippen molar-refractivity contribution < 1.29 is 14.5 Å². The maximum atomic E-state index is 12.2. The third-order valence-corrected chi connectivity index (χ3v) is 6.18. The number of hydrogen-bond donors (Lipinski definition) is 2. The fourth-order valence-electron chi connectivity index (χ4n) is 4.48. The molecule has 1 heterocycles. The molecule has 3 rings (SSSR count). The summed E-state index contributed by atoms with van der Waals surface area (Å²) >= 11 is 0. The highest BCUT2D eigenvalue weighted by Gasteiger charge is 2.28. The summed E-state index contributed by atoms with van der Waals surface area (Å²) in [7, 11) is 0. The van der Waals surface area contributed by atoms with E-state index in [1.54, 1.807) is 12.1 Å². The van der Waals surface area contributed by atoms with Gasteiger partial charge in [-0.1, -0.05) is 6.42 Å². The fraction of sp³-hybridized carbons (Fsp3) is 0.696. The Morgan fingerprint density at radius 2 is 1.90 bits per heavy atom. The third-order valence-electron chi connectivity index (χ3n) is 6.18. The van der Waals surface area contributed by atoms with E-state index in [1.165, 1.54) is 25.3 Å². The van der Waals surface area contributed by atoms with Crippen LogP contribution in [0.2, 0.25) is 0 Å². The molecule has 2 fully saturated rings. The molecule has 0 radical (unpaired) electrons. The van der Waals surface area contributed by atoms with Crippen molar-refractivity contribution >= 4 is 17.3 Å². The molecule has 0 spiro atoms. The number of piperidine rings is 1. The Kier molecular flexibility index (Phi) is 8.51. The molecule has 0 aromatic heterocycles. The van der Waals surface area contributed by atoms with Gasteiger partial charge in [0.1, 0.15) is 18.0 Å². The fourth-order valence-corrected chi connectivity index (χ4v) is 4.48. The second-order valence-electron chi connectivity index (χ2n) is 9.04. The Bertz CT molecular complexity index is 741. The van der Waals surface area contributed by atoms with Crippen molar-refractivity contribution in [1.29, 1.82) is 0 Å². The highest BCUT2D eigenvalue weighted by atomic mass is 16.6. The Hall–Kier alpha value is -2.35. The summed E-state index contributed by atoms with van der Waals surface area (Å²) in [4.78, 5) is 25.8. The molecule has 2 aliphatic rings. The molecule has 1 aliphatic heterocycles. The average molecular weight is 433 g/mol. The first-order valence-corrected chi connectivity index (χ1v) is 11.6. The molecule has 0 atom stereocenters. The van der Waals surface area contributed by atoms with Crippen molar-refractivity contribution in [1.82, 2.24) is 10.2 Å². The maximum absolute atomic E-state index is 12.2. The lowest BCUT2D eigenvalue weighted by Crippen LogP contribution is -2.38. The number of hydrogen-bond acceptors (Lipinski definition) is 6. The molecule has 1 amide bonds. The lowest BCUT2D eigenvalue weighted by molar-refractivity contribution is -0.384. The van der Waals surface area contributed by atoms with E-state index in [-0.39, 0.29) is 34.5 Å². The van der Waals surface area contributed by atoms with Gasteiger partial charge in [-0.05, 0) is 71.5 Å². The van der Waals surface area contributed by atoms with E-state index in [2.05, 4.69) is 15.5 Å². The molecule has 0 bridgehead atoms. The minimum Gasteiger partial charge on any atom is -0.492 e. The summed E-state index contributed by atoms with van der Waals surface area (Å²) < 4.78 is 5.90. The molecule has 8 heteroatoms. The molecule has 1 aromatic carbocycles. The first-order chi connectivity index (χ1) is 14.9. The van der Waals surface area contributed by atoms with E-state index in [1.807, 2.05) is 13.8 Å². The van der Waals surface area contributed by atoms with Crippen molar-refractivity contribution in [2.45, 2.75) is 70.9 Å². The number of nitrogens with zero attached hydrogens (tertiary/aromatic N) is 2. The third kappa shape index (κ3) is 7.09. The molecule has 1 aromatic rings. The predicted octanol–water partition coefficient (Wildman–Crippen LogP) is 3.95. The van der Waals surface area contributed by atoms with Gasteiger partial charge in [-0.25, -0.2) is 0 Å². The smallest absolute Gasteiger partial charge is 0.292 e. The van der Waals surface area contributed by atoms with E-state index >= 15 is 0 Å². The summed E-state index contributed by atoms with van der Waals surface area (Å²) in [6, 6.07) is 5.19. The first kappa shape index (κ1) is 23.3. The molecule has 8 nitrogen and oxygen atoms in total. The number of amides is 1. The standard InChI is InChI=1S/C23H36N4O4/c1-17(2)24-23(28)18-6-8-19(9-7-18)25-21-16-20(10-11-22(21)27(29)30)31-15-14-26-12-4-3-5-13-26/h10-11,16-19,25H,3-9,12-15H2,1-2H3,(H,24,28)/t18-,19+. The molecule has 0 unspecified atom stereocenters. The molecule has 172 valence electrons. The van der Waals surface area contributed by atoms with Crippen LogP contribution in [0.15, 0.2) is 18.2 Å². The van der Waals surface area contributed by atoms with E-state index in [0.717, 1.165) is 45.3 Å². The first-order valence-electron chi connectivity index (χ1n) is 11.6. The van der Waals surface area contributed by atoms with Gasteiger partial charge in [0, 0.05) is 36.7 Å². The molecular weight excluding hydrogens is 396 g/mol. The van der Waals surface area contributed by atoms with Crippen LogP contribution in [0.3, 0.4) is 0 Å². The zero-order chi connectivity index (χ0) is 22.2. The second kappa shape index (κ2) is 11.3. The van der Waals surface area contributed by atoms with E-state index in [0.29, 0.717) is 18.0 Å². The molecule has 1 saturated heterocycles. The minimum atomic E-state index is -0.360. The number of rotatable bonds is 9. The van der Waals surface area contributed by atoms with Crippen molar-refractivity contribution in [3.63, 3.8) is 0 Å². The van der Waals surface area contributed by atoms with Gasteiger partial charge in [0.25, 0.3) is 5.69 Å². The number of ether oxygens (including phenoxy) is 1. The van der Waals surface area contributed by atoms with Gasteiger partial charge in [0.05, 0.1) is 4.92 Å². The second-order valence-corrected chi connectivity index (χ2v) is 9.04. The van der Waals surface area contributed by atoms with Crippen molar-refractivity contribution in [3.8, 4) is 5.75 Å². The highest BCUT2D eigenvalue weighted by molar-refractivity contribution is 5.79. The van der Waals surface area contributed by atoms with Crippen LogP contribution in [0.1, 0.15) is 58.8 Å². The van der Waals surface area contributed by atoms with Crippen molar-refractivity contribution in [3.05, 3.63) is 28.3 Å². The van der Waals surface area contributed by atoms with Gasteiger partial charge < -0.3 is 15.4 Å². The topological polar surface area (TPSA) is 96.7 Å². The monoisotopic (exact) mass is 432 g/mol. The number of likely N-dealkylation sites (tertiary alicyclic amines) is 1. The van der Waals surface area contributed by atoms with Gasteiger partial charge in [-0.2, -0.15) is 0 Å². The van der Waals surface area contributed by atoms with Crippen LogP contribution < -0.4 is 15.4 Å². The summed E-state index contributed by atoms with van der Waals surface area (Å²) in [5.74, 6) is 0.790. The van der Waals surface area contributed by atoms with Crippen LogP contribution in [-0.4, -0.2) is 54.1 Å². The molecular formula is C23H36N4O4. The molecule has 1 saturated carbocycles. The van der Waals surface area contributed by atoms with Crippen LogP contribution in [0.5, 0.6) is 5.75 Å². The summed E-state index contributed by atoms with van der Waals surface area (Å²) in [5.41, 5.74) is 0.554. The quantitative estimate of drug-likeness (QED) is 0.453. The largest absolute Gasteiger partial charge is 0.492 e. The van der Waals surface area contributed by atoms with Gasteiger partial charge >= 0.3 is 0 Å². The van der Waals surface area contributed by atoms with Crippen LogP contribution in [0.25, 0.3) is 0 Å². The zero-order valence-electron chi connectivity index (χ0n) is 18.8. The SMILES string of the molecule is CC(C)NC(=O)[C@H]1CC[C@@H](Nc2cc(OCCN3CCCCC3)ccc2[N+](=O)[O-])CC1. The molecule has 2 N–H and O–H groups in total. The van der Waals surface area contributed by atoms with E-state index < -0.39 is 0 Å². The van der Waals surface area contributed by atoms with Crippen LogP contribution in [0, 0.1) is 16.0 Å².